The number of hydrogen-bond acceptors (Lipinski definition) is 4. The second-order valence-corrected chi connectivity index (χ2v) is 7.31. The summed E-state index contributed by atoms with van der Waals surface area (Å²) in [5.41, 5.74) is 2.49. The van der Waals surface area contributed by atoms with E-state index in [1.165, 1.54) is 16.3 Å². The van der Waals surface area contributed by atoms with Crippen LogP contribution in [0.4, 0.5) is 10.7 Å². The molecule has 5 nitrogen and oxygen atoms in total. The molecule has 1 aromatic heterocycles. The van der Waals surface area contributed by atoms with Gasteiger partial charge in [0.15, 0.2) is 5.96 Å². The van der Waals surface area contributed by atoms with Crippen LogP contribution in [0.2, 0.25) is 0 Å². The molecule has 6 heteroatoms. The van der Waals surface area contributed by atoms with E-state index in [1.54, 1.807) is 0 Å². The van der Waals surface area contributed by atoms with Gasteiger partial charge in [-0.25, -0.2) is 0 Å². The van der Waals surface area contributed by atoms with Gasteiger partial charge in [0.1, 0.15) is 0 Å². The molecule has 0 aliphatic carbocycles. The van der Waals surface area contributed by atoms with Gasteiger partial charge in [0.05, 0.1) is 5.00 Å². The van der Waals surface area contributed by atoms with E-state index in [4.69, 9.17) is 0 Å². The smallest absolute Gasteiger partial charge is 0.194 e. The molecule has 0 atom stereocenters. The van der Waals surface area contributed by atoms with Crippen molar-refractivity contribution in [3.05, 3.63) is 47.3 Å². The molecule has 1 fully saturated rings. The van der Waals surface area contributed by atoms with E-state index in [0.29, 0.717) is 0 Å². The summed E-state index contributed by atoms with van der Waals surface area (Å²) in [4.78, 5) is 11.4. The van der Waals surface area contributed by atoms with E-state index in [0.717, 1.165) is 38.7 Å². The number of anilines is 2. The summed E-state index contributed by atoms with van der Waals surface area (Å²) < 4.78 is 0. The van der Waals surface area contributed by atoms with Crippen molar-refractivity contribution in [2.45, 2.75) is 6.54 Å². The SMILES string of the molecule is CN=C(NCc1ccc(N(C)C)cc1)N1CCN(c2cccs2)CC1. The Hall–Kier alpha value is -2.21. The number of aliphatic imine (C=N–C) groups is 1. The predicted molar refractivity (Wildman–Crippen MR) is 109 cm³/mol. The number of guanidine groups is 1. The number of thiophene rings is 1. The van der Waals surface area contributed by atoms with Crippen molar-refractivity contribution in [3.63, 3.8) is 0 Å². The highest BCUT2D eigenvalue weighted by Crippen LogP contribution is 2.22. The molecule has 1 aromatic carbocycles. The molecule has 0 spiro atoms. The van der Waals surface area contributed by atoms with Crippen molar-refractivity contribution < 1.29 is 0 Å². The Morgan fingerprint density at radius 1 is 1.12 bits per heavy atom. The first-order valence-electron chi connectivity index (χ1n) is 8.67. The minimum atomic E-state index is 0.797. The number of nitrogens with zero attached hydrogens (tertiary/aromatic N) is 4. The van der Waals surface area contributed by atoms with E-state index in [9.17, 15) is 0 Å². The monoisotopic (exact) mass is 357 g/mol. The van der Waals surface area contributed by atoms with E-state index >= 15 is 0 Å². The van der Waals surface area contributed by atoms with E-state index in [1.807, 2.05) is 18.4 Å². The van der Waals surface area contributed by atoms with Crippen LogP contribution in [0.1, 0.15) is 5.56 Å². The van der Waals surface area contributed by atoms with Crippen LogP contribution in [-0.4, -0.2) is 58.2 Å². The maximum absolute atomic E-state index is 4.47. The molecule has 0 saturated carbocycles. The highest BCUT2D eigenvalue weighted by atomic mass is 32.1. The van der Waals surface area contributed by atoms with Crippen molar-refractivity contribution in [1.29, 1.82) is 0 Å². The van der Waals surface area contributed by atoms with Gasteiger partial charge in [0, 0.05) is 59.6 Å². The summed E-state index contributed by atoms with van der Waals surface area (Å²) in [6.45, 7) is 4.87. The topological polar surface area (TPSA) is 34.1 Å². The lowest BCUT2D eigenvalue weighted by molar-refractivity contribution is 0.373. The predicted octanol–water partition coefficient (Wildman–Crippen LogP) is 2.71. The van der Waals surface area contributed by atoms with Gasteiger partial charge in [0.2, 0.25) is 0 Å². The van der Waals surface area contributed by atoms with Crippen LogP contribution in [0.3, 0.4) is 0 Å². The first-order chi connectivity index (χ1) is 12.2. The number of benzene rings is 1. The Morgan fingerprint density at radius 3 is 2.40 bits per heavy atom. The molecule has 0 bridgehead atoms. The van der Waals surface area contributed by atoms with E-state index < -0.39 is 0 Å². The van der Waals surface area contributed by atoms with Crippen molar-refractivity contribution in [2.75, 3.05) is 57.1 Å². The lowest BCUT2D eigenvalue weighted by Gasteiger charge is -2.37. The Labute approximate surface area is 154 Å². The van der Waals surface area contributed by atoms with Crippen molar-refractivity contribution in [1.82, 2.24) is 10.2 Å². The maximum Gasteiger partial charge on any atom is 0.194 e. The zero-order valence-electron chi connectivity index (χ0n) is 15.3. The zero-order valence-corrected chi connectivity index (χ0v) is 16.1. The molecule has 0 amide bonds. The van der Waals surface area contributed by atoms with Gasteiger partial charge in [-0.1, -0.05) is 12.1 Å². The summed E-state index contributed by atoms with van der Waals surface area (Å²) in [5, 5.41) is 7.01. The van der Waals surface area contributed by atoms with Crippen LogP contribution in [0.25, 0.3) is 0 Å². The molecular weight excluding hydrogens is 330 g/mol. The molecule has 2 aromatic rings. The highest BCUT2D eigenvalue weighted by Gasteiger charge is 2.20. The Morgan fingerprint density at radius 2 is 1.84 bits per heavy atom. The quantitative estimate of drug-likeness (QED) is 0.674. The molecule has 1 aliphatic heterocycles. The minimum absolute atomic E-state index is 0.797. The van der Waals surface area contributed by atoms with Gasteiger partial charge >= 0.3 is 0 Å². The molecular formula is C19H27N5S. The highest BCUT2D eigenvalue weighted by molar-refractivity contribution is 7.14. The third kappa shape index (κ3) is 4.45. The van der Waals surface area contributed by atoms with E-state index in [-0.39, 0.29) is 0 Å². The Kier molecular flexibility index (Phi) is 5.81. The Balaban J connectivity index is 1.51. The van der Waals surface area contributed by atoms with E-state index in [2.05, 4.69) is 80.9 Å². The van der Waals surface area contributed by atoms with Gasteiger partial charge in [-0.15, -0.1) is 11.3 Å². The molecule has 1 N–H and O–H groups in total. The molecule has 25 heavy (non-hydrogen) atoms. The summed E-state index contributed by atoms with van der Waals surface area (Å²) >= 11 is 1.81. The van der Waals surface area contributed by atoms with Crippen LogP contribution in [0, 0.1) is 0 Å². The van der Waals surface area contributed by atoms with Gasteiger partial charge in [-0.3, -0.25) is 4.99 Å². The van der Waals surface area contributed by atoms with Gasteiger partial charge < -0.3 is 20.0 Å². The minimum Gasteiger partial charge on any atom is -0.378 e. The number of piperazine rings is 1. The third-order valence-electron chi connectivity index (χ3n) is 4.51. The zero-order chi connectivity index (χ0) is 17.6. The molecule has 1 saturated heterocycles. The lowest BCUT2D eigenvalue weighted by atomic mass is 10.2. The molecule has 0 unspecified atom stereocenters. The normalized spacial score (nSPS) is 15.4. The average molecular weight is 358 g/mol. The molecule has 134 valence electrons. The number of nitrogens with one attached hydrogen (secondary N) is 1. The summed E-state index contributed by atoms with van der Waals surface area (Å²) in [6, 6.07) is 13.0. The second kappa shape index (κ2) is 8.25. The Bertz CT molecular complexity index is 670. The first-order valence-corrected chi connectivity index (χ1v) is 9.55. The van der Waals surface area contributed by atoms with Crippen LogP contribution >= 0.6 is 11.3 Å². The lowest BCUT2D eigenvalue weighted by Crippen LogP contribution is -2.52. The first kappa shape index (κ1) is 17.6. The van der Waals surface area contributed by atoms with Crippen molar-refractivity contribution in [3.8, 4) is 0 Å². The van der Waals surface area contributed by atoms with Crippen molar-refractivity contribution >= 4 is 28.0 Å². The standard InChI is InChI=1S/C19H27N5S/c1-20-19(21-15-16-6-8-17(9-7-16)22(2)3)24-12-10-23(11-13-24)18-5-4-14-25-18/h4-9,14H,10-13,15H2,1-3H3,(H,20,21). The van der Waals surface area contributed by atoms with Gasteiger partial charge in [-0.2, -0.15) is 0 Å². The van der Waals surface area contributed by atoms with Crippen LogP contribution in [0.5, 0.6) is 0 Å². The molecule has 0 radical (unpaired) electrons. The number of hydrogen-bond donors (Lipinski definition) is 1. The maximum atomic E-state index is 4.47. The van der Waals surface area contributed by atoms with Crippen LogP contribution in [0.15, 0.2) is 46.8 Å². The summed E-state index contributed by atoms with van der Waals surface area (Å²) in [6.07, 6.45) is 0. The number of rotatable bonds is 4. The summed E-state index contributed by atoms with van der Waals surface area (Å²) in [5.74, 6) is 0.988. The molecule has 3 rings (SSSR count). The fraction of sp³-hybridized carbons (Fsp3) is 0.421. The third-order valence-corrected chi connectivity index (χ3v) is 5.44. The van der Waals surface area contributed by atoms with Crippen LogP contribution < -0.4 is 15.1 Å². The van der Waals surface area contributed by atoms with Crippen molar-refractivity contribution in [2.24, 2.45) is 4.99 Å². The average Bonchev–Trinajstić information content (AvgIpc) is 3.18. The van der Waals surface area contributed by atoms with Gasteiger partial charge in [0.25, 0.3) is 0 Å². The molecule has 2 heterocycles. The van der Waals surface area contributed by atoms with Crippen LogP contribution in [-0.2, 0) is 6.54 Å². The largest absolute Gasteiger partial charge is 0.378 e. The van der Waals surface area contributed by atoms with Gasteiger partial charge in [-0.05, 0) is 35.2 Å². The fourth-order valence-corrected chi connectivity index (χ4v) is 3.80. The summed E-state index contributed by atoms with van der Waals surface area (Å²) in [7, 11) is 5.99. The second-order valence-electron chi connectivity index (χ2n) is 6.39. The fourth-order valence-electron chi connectivity index (χ4n) is 3.01. The molecule has 1 aliphatic rings.